The summed E-state index contributed by atoms with van der Waals surface area (Å²) in [5.74, 6) is 0.291. The molecule has 3 heterocycles. The van der Waals surface area contributed by atoms with Crippen molar-refractivity contribution in [2.75, 3.05) is 45.8 Å². The third-order valence-corrected chi connectivity index (χ3v) is 7.03. The molecular formula is C26H37N5O2. The van der Waals surface area contributed by atoms with Crippen molar-refractivity contribution in [1.29, 1.82) is 0 Å². The Labute approximate surface area is 197 Å². The lowest BCUT2D eigenvalue weighted by atomic mass is 10.1. The van der Waals surface area contributed by atoms with Crippen molar-refractivity contribution < 1.29 is 9.59 Å². The summed E-state index contributed by atoms with van der Waals surface area (Å²) >= 11 is 0. The lowest BCUT2D eigenvalue weighted by Crippen LogP contribution is -2.51. The molecule has 33 heavy (non-hydrogen) atoms. The quantitative estimate of drug-likeness (QED) is 0.701. The van der Waals surface area contributed by atoms with Gasteiger partial charge >= 0.3 is 0 Å². The van der Waals surface area contributed by atoms with Gasteiger partial charge in [0.1, 0.15) is 0 Å². The number of aryl methyl sites for hydroxylation is 2. The van der Waals surface area contributed by atoms with E-state index >= 15 is 0 Å². The van der Waals surface area contributed by atoms with Gasteiger partial charge in [-0.05, 0) is 39.2 Å². The highest BCUT2D eigenvalue weighted by Gasteiger charge is 2.28. The van der Waals surface area contributed by atoms with Gasteiger partial charge in [0.2, 0.25) is 5.91 Å². The monoisotopic (exact) mass is 451 g/mol. The summed E-state index contributed by atoms with van der Waals surface area (Å²) in [6.45, 7) is 11.7. The summed E-state index contributed by atoms with van der Waals surface area (Å²) in [6, 6.07) is 8.42. The number of nitrogens with zero attached hydrogens (tertiary/aromatic N) is 5. The molecule has 2 saturated heterocycles. The van der Waals surface area contributed by atoms with Crippen LogP contribution in [0.5, 0.6) is 0 Å². The van der Waals surface area contributed by atoms with Crippen LogP contribution in [0, 0.1) is 20.8 Å². The van der Waals surface area contributed by atoms with Gasteiger partial charge in [0, 0.05) is 45.0 Å². The second-order valence-corrected chi connectivity index (χ2v) is 9.55. The maximum absolute atomic E-state index is 13.3. The number of likely N-dealkylation sites (tertiary alicyclic amines) is 1. The maximum Gasteiger partial charge on any atom is 0.257 e. The molecule has 7 nitrogen and oxygen atoms in total. The number of hydrogen-bond donors (Lipinski definition) is 0. The minimum atomic E-state index is 0.0543. The molecular weight excluding hydrogens is 414 g/mol. The largest absolute Gasteiger partial charge is 0.342 e. The topological polar surface area (TPSA) is 61.7 Å². The molecule has 7 heteroatoms. The van der Waals surface area contributed by atoms with E-state index in [1.54, 1.807) is 0 Å². The van der Waals surface area contributed by atoms with Crippen LogP contribution in [0.4, 0.5) is 0 Å². The second-order valence-electron chi connectivity index (χ2n) is 9.55. The van der Waals surface area contributed by atoms with Crippen molar-refractivity contribution in [3.05, 3.63) is 52.3 Å². The van der Waals surface area contributed by atoms with E-state index in [0.717, 1.165) is 56.0 Å². The molecule has 0 aliphatic carbocycles. The van der Waals surface area contributed by atoms with E-state index in [1.165, 1.54) is 24.0 Å². The van der Waals surface area contributed by atoms with Crippen LogP contribution in [0.25, 0.3) is 0 Å². The van der Waals surface area contributed by atoms with E-state index < -0.39 is 0 Å². The minimum Gasteiger partial charge on any atom is -0.342 e. The molecule has 2 aliphatic heterocycles. The average Bonchev–Trinajstić information content (AvgIpc) is 2.99. The van der Waals surface area contributed by atoms with Crippen LogP contribution in [0.15, 0.2) is 24.3 Å². The van der Waals surface area contributed by atoms with Crippen LogP contribution in [0.2, 0.25) is 0 Å². The number of benzene rings is 1. The zero-order chi connectivity index (χ0) is 23.4. The summed E-state index contributed by atoms with van der Waals surface area (Å²) in [5, 5.41) is 4.67. The first-order chi connectivity index (χ1) is 15.9. The van der Waals surface area contributed by atoms with Crippen LogP contribution in [-0.2, 0) is 11.3 Å². The highest BCUT2D eigenvalue weighted by atomic mass is 16.2. The minimum absolute atomic E-state index is 0.0543. The van der Waals surface area contributed by atoms with Crippen molar-refractivity contribution in [3.63, 3.8) is 0 Å². The second kappa shape index (κ2) is 10.5. The molecule has 1 aromatic carbocycles. The summed E-state index contributed by atoms with van der Waals surface area (Å²) in [4.78, 5) is 32.2. The van der Waals surface area contributed by atoms with Crippen molar-refractivity contribution in [2.45, 2.75) is 53.0 Å². The number of piperazine rings is 1. The van der Waals surface area contributed by atoms with Gasteiger partial charge in [0.15, 0.2) is 0 Å². The SMILES string of the molecule is Cc1ccc(Cn2nc(C)c(C(=O)N3CCN(CC(=O)N4CCCCCC4)CC3)c2C)cc1. The molecule has 2 aromatic rings. The number of amides is 2. The lowest BCUT2D eigenvalue weighted by Gasteiger charge is -2.35. The Kier molecular flexibility index (Phi) is 7.48. The number of carbonyl (C=O) groups excluding carboxylic acids is 2. The fourth-order valence-corrected chi connectivity index (χ4v) is 4.91. The lowest BCUT2D eigenvalue weighted by molar-refractivity contribution is -0.132. The Morgan fingerprint density at radius 3 is 2.09 bits per heavy atom. The van der Waals surface area contributed by atoms with Crippen LogP contribution in [-0.4, -0.2) is 82.1 Å². The predicted molar refractivity (Wildman–Crippen MR) is 129 cm³/mol. The number of carbonyl (C=O) groups is 2. The Balaban J connectivity index is 1.34. The molecule has 0 spiro atoms. The van der Waals surface area contributed by atoms with E-state index in [-0.39, 0.29) is 11.8 Å². The average molecular weight is 452 g/mol. The molecule has 178 valence electrons. The summed E-state index contributed by atoms with van der Waals surface area (Å²) < 4.78 is 1.93. The van der Waals surface area contributed by atoms with Gasteiger partial charge in [0.05, 0.1) is 24.3 Å². The van der Waals surface area contributed by atoms with E-state index in [9.17, 15) is 9.59 Å². The van der Waals surface area contributed by atoms with E-state index in [1.807, 2.05) is 28.3 Å². The first-order valence-corrected chi connectivity index (χ1v) is 12.3. The molecule has 4 rings (SSSR count). The van der Waals surface area contributed by atoms with E-state index in [0.29, 0.717) is 26.2 Å². The van der Waals surface area contributed by atoms with Crippen LogP contribution < -0.4 is 0 Å². The normalized spacial score (nSPS) is 17.8. The highest BCUT2D eigenvalue weighted by molar-refractivity contribution is 5.96. The molecule has 0 N–H and O–H groups in total. The molecule has 1 aromatic heterocycles. The van der Waals surface area contributed by atoms with Gasteiger partial charge in [-0.1, -0.05) is 42.7 Å². The van der Waals surface area contributed by atoms with Crippen molar-refractivity contribution in [3.8, 4) is 0 Å². The van der Waals surface area contributed by atoms with Crippen LogP contribution >= 0.6 is 0 Å². The van der Waals surface area contributed by atoms with Crippen molar-refractivity contribution >= 4 is 11.8 Å². The van der Waals surface area contributed by atoms with Gasteiger partial charge in [0.25, 0.3) is 5.91 Å². The smallest absolute Gasteiger partial charge is 0.257 e. The highest BCUT2D eigenvalue weighted by Crippen LogP contribution is 2.19. The van der Waals surface area contributed by atoms with E-state index in [4.69, 9.17) is 0 Å². The van der Waals surface area contributed by atoms with Gasteiger partial charge in [-0.2, -0.15) is 5.10 Å². The number of hydrogen-bond acceptors (Lipinski definition) is 4. The van der Waals surface area contributed by atoms with Gasteiger partial charge < -0.3 is 9.80 Å². The summed E-state index contributed by atoms with van der Waals surface area (Å²) in [7, 11) is 0. The molecule has 2 amide bonds. The number of aromatic nitrogens is 2. The maximum atomic E-state index is 13.3. The first-order valence-electron chi connectivity index (χ1n) is 12.3. The fourth-order valence-electron chi connectivity index (χ4n) is 4.91. The van der Waals surface area contributed by atoms with Crippen LogP contribution in [0.1, 0.15) is 58.6 Å². The van der Waals surface area contributed by atoms with Crippen molar-refractivity contribution in [1.82, 2.24) is 24.5 Å². The molecule has 0 atom stereocenters. The third kappa shape index (κ3) is 5.64. The zero-order valence-corrected chi connectivity index (χ0v) is 20.3. The number of rotatable bonds is 5. The summed E-state index contributed by atoms with van der Waals surface area (Å²) in [6.07, 6.45) is 4.69. The van der Waals surface area contributed by atoms with Gasteiger partial charge in [-0.25, -0.2) is 0 Å². The Bertz CT molecular complexity index is 965. The zero-order valence-electron chi connectivity index (χ0n) is 20.3. The predicted octanol–water partition coefficient (Wildman–Crippen LogP) is 3.02. The van der Waals surface area contributed by atoms with E-state index in [2.05, 4.69) is 41.2 Å². The Hall–Kier alpha value is -2.67. The van der Waals surface area contributed by atoms with Crippen LogP contribution in [0.3, 0.4) is 0 Å². The first kappa shape index (κ1) is 23.5. The molecule has 0 radical (unpaired) electrons. The molecule has 0 saturated carbocycles. The van der Waals surface area contributed by atoms with Gasteiger partial charge in [-0.3, -0.25) is 19.2 Å². The third-order valence-electron chi connectivity index (χ3n) is 7.03. The molecule has 2 aliphatic rings. The summed E-state index contributed by atoms with van der Waals surface area (Å²) in [5.41, 5.74) is 4.82. The Morgan fingerprint density at radius 2 is 1.45 bits per heavy atom. The molecule has 0 unspecified atom stereocenters. The molecule has 2 fully saturated rings. The van der Waals surface area contributed by atoms with Gasteiger partial charge in [-0.15, -0.1) is 0 Å². The van der Waals surface area contributed by atoms with Crippen molar-refractivity contribution in [2.24, 2.45) is 0 Å². The standard InChI is InChI=1S/C26H37N5O2/c1-20-8-10-23(11-9-20)18-31-22(3)25(21(2)27-31)26(33)30-16-14-28(15-17-30)19-24(32)29-12-6-4-5-7-13-29/h8-11H,4-7,12-19H2,1-3H3. The Morgan fingerprint density at radius 1 is 0.818 bits per heavy atom. The molecule has 0 bridgehead atoms. The fraction of sp³-hybridized carbons (Fsp3) is 0.577.